The first-order chi connectivity index (χ1) is 32.4. The van der Waals surface area contributed by atoms with Crippen LogP contribution in [0.15, 0.2) is 167 Å². The van der Waals surface area contributed by atoms with Crippen LogP contribution >= 0.6 is 22.7 Å². The SMILES string of the molecule is CC(C)C1=CCC=C1.CC(C)C1=CCCCC1.CC(C)c1ccccc1.CC(C)c1cccnc1.CC(C)c1cccs1.CC(C)c1ccncc1.CC(C)c1ccoc1.CC(C)c1cncs1. The lowest BCUT2D eigenvalue weighted by Crippen LogP contribution is -1.98. The number of allylic oxidation sites excluding steroid dienone is 6. The van der Waals surface area contributed by atoms with Crippen molar-refractivity contribution in [2.75, 3.05) is 0 Å². The van der Waals surface area contributed by atoms with Crippen LogP contribution in [0, 0.1) is 11.8 Å². The fraction of sp³-hybridized carbons (Fsp3) is 0.468. The molecule has 6 heteroatoms. The molecule has 6 aromatic rings. The molecule has 372 valence electrons. The Labute approximate surface area is 424 Å². The minimum atomic E-state index is 0.591. The van der Waals surface area contributed by atoms with Crippen molar-refractivity contribution in [1.29, 1.82) is 0 Å². The fourth-order valence-electron chi connectivity index (χ4n) is 6.33. The highest BCUT2D eigenvalue weighted by molar-refractivity contribution is 7.10. The molecular formula is C62H91N3OS2. The number of hydrogen-bond acceptors (Lipinski definition) is 6. The Morgan fingerprint density at radius 1 is 0.471 bits per heavy atom. The predicted octanol–water partition coefficient (Wildman–Crippen LogP) is 20.4. The molecule has 5 aromatic heterocycles. The highest BCUT2D eigenvalue weighted by atomic mass is 32.1. The van der Waals surface area contributed by atoms with Gasteiger partial charge in [0.2, 0.25) is 0 Å². The quantitative estimate of drug-likeness (QED) is 0.143. The molecule has 0 amide bonds. The van der Waals surface area contributed by atoms with Gasteiger partial charge in [0.15, 0.2) is 0 Å². The van der Waals surface area contributed by atoms with E-state index in [4.69, 9.17) is 4.42 Å². The van der Waals surface area contributed by atoms with Gasteiger partial charge in [-0.3, -0.25) is 15.0 Å². The average Bonchev–Trinajstić information content (AvgIpc) is 4.21. The topological polar surface area (TPSA) is 51.8 Å². The molecule has 5 heterocycles. The monoisotopic (exact) mass is 958 g/mol. The van der Waals surface area contributed by atoms with Gasteiger partial charge >= 0.3 is 0 Å². The predicted molar refractivity (Wildman–Crippen MR) is 303 cm³/mol. The molecule has 68 heavy (non-hydrogen) atoms. The molecule has 0 spiro atoms. The molecule has 8 rings (SSSR count). The van der Waals surface area contributed by atoms with E-state index in [-0.39, 0.29) is 0 Å². The van der Waals surface area contributed by atoms with Crippen molar-refractivity contribution in [3.63, 3.8) is 0 Å². The Bertz CT molecular complexity index is 1900. The summed E-state index contributed by atoms with van der Waals surface area (Å²) in [4.78, 5) is 14.7. The zero-order chi connectivity index (χ0) is 50.7. The van der Waals surface area contributed by atoms with Crippen molar-refractivity contribution in [2.24, 2.45) is 11.8 Å². The zero-order valence-corrected chi connectivity index (χ0v) is 46.8. The van der Waals surface area contributed by atoms with Crippen molar-refractivity contribution >= 4 is 22.7 Å². The smallest absolute Gasteiger partial charge is 0.0937 e. The molecule has 2 aliphatic rings. The van der Waals surface area contributed by atoms with Gasteiger partial charge in [-0.1, -0.05) is 183 Å². The molecule has 0 N–H and O–H groups in total. The molecular weight excluding hydrogens is 867 g/mol. The number of aromatic nitrogens is 3. The minimum absolute atomic E-state index is 0.591. The maximum Gasteiger partial charge on any atom is 0.0937 e. The number of nitrogens with zero attached hydrogens (tertiary/aromatic N) is 3. The molecule has 0 unspecified atom stereocenters. The number of thiazole rings is 1. The lowest BCUT2D eigenvalue weighted by Gasteiger charge is -2.15. The first-order valence-corrected chi connectivity index (χ1v) is 27.0. The third kappa shape index (κ3) is 29.3. The molecule has 0 aliphatic heterocycles. The van der Waals surface area contributed by atoms with E-state index in [1.807, 2.05) is 72.0 Å². The third-order valence-electron chi connectivity index (χ3n) is 11.1. The van der Waals surface area contributed by atoms with Gasteiger partial charge in [0.25, 0.3) is 0 Å². The van der Waals surface area contributed by atoms with Gasteiger partial charge in [0.05, 0.1) is 18.0 Å². The Hall–Kier alpha value is -4.65. The van der Waals surface area contributed by atoms with E-state index in [0.717, 1.165) is 12.3 Å². The van der Waals surface area contributed by atoms with Crippen LogP contribution in [-0.4, -0.2) is 15.0 Å². The fourth-order valence-corrected chi connectivity index (χ4v) is 7.71. The zero-order valence-electron chi connectivity index (χ0n) is 45.2. The van der Waals surface area contributed by atoms with E-state index in [9.17, 15) is 0 Å². The standard InChI is InChI=1S/C9H16.C9H12.2C8H11N.C8H12.C7H10O.C7H10S.C6H9NS/c2*1-8(2)9-6-4-3-5-7-9;1-7(2)8-3-5-9-6-4-8;1-7(2)8-4-3-5-9-6-8;1-7(2)8-5-3-4-6-8;1-6(2)7-3-4-8-5-7;1-6(2)7-4-3-5-8-7;1-5(2)6-3-7-4-8-6/h6,8H,3-5,7H2,1-2H3;3-8H,1-2H3;2*3-7H,1-2H3;3,5-7H,4H2,1-2H3;2*3-6H,1-2H3;3-5H,1-2H3. The summed E-state index contributed by atoms with van der Waals surface area (Å²) < 4.78 is 4.88. The summed E-state index contributed by atoms with van der Waals surface area (Å²) >= 11 is 3.55. The molecule has 4 nitrogen and oxygen atoms in total. The van der Waals surface area contributed by atoms with Crippen LogP contribution in [0.3, 0.4) is 0 Å². The van der Waals surface area contributed by atoms with Gasteiger partial charge in [-0.15, -0.1) is 22.7 Å². The molecule has 0 fully saturated rings. The van der Waals surface area contributed by atoms with E-state index in [0.29, 0.717) is 41.4 Å². The normalized spacial score (nSPS) is 12.4. The van der Waals surface area contributed by atoms with Gasteiger partial charge in [-0.2, -0.15) is 0 Å². The van der Waals surface area contributed by atoms with E-state index < -0.39 is 0 Å². The first kappa shape index (κ1) is 61.4. The van der Waals surface area contributed by atoms with Crippen LogP contribution in [0.5, 0.6) is 0 Å². The van der Waals surface area contributed by atoms with Crippen LogP contribution in [0.25, 0.3) is 0 Å². The Kier molecular flexibility index (Phi) is 33.6. The number of hydrogen-bond donors (Lipinski definition) is 0. The number of benzene rings is 1. The van der Waals surface area contributed by atoms with Crippen LogP contribution in [0.1, 0.15) is 210 Å². The third-order valence-corrected chi connectivity index (χ3v) is 13.3. The van der Waals surface area contributed by atoms with E-state index in [1.165, 1.54) is 63.3 Å². The van der Waals surface area contributed by atoms with Crippen molar-refractivity contribution in [1.82, 2.24) is 15.0 Å². The molecule has 0 saturated heterocycles. The lowest BCUT2D eigenvalue weighted by molar-refractivity contribution is 0.562. The van der Waals surface area contributed by atoms with Crippen molar-refractivity contribution in [3.05, 3.63) is 195 Å². The summed E-state index contributed by atoms with van der Waals surface area (Å²) in [5.74, 6) is 5.32. The van der Waals surface area contributed by atoms with Gasteiger partial charge in [0, 0.05) is 40.7 Å². The number of thiophene rings is 1. The molecule has 0 atom stereocenters. The van der Waals surface area contributed by atoms with Crippen LogP contribution in [0.2, 0.25) is 0 Å². The van der Waals surface area contributed by atoms with Crippen molar-refractivity contribution < 1.29 is 4.42 Å². The van der Waals surface area contributed by atoms with Gasteiger partial charge < -0.3 is 4.42 Å². The molecule has 0 radical (unpaired) electrons. The Morgan fingerprint density at radius 2 is 1.09 bits per heavy atom. The number of rotatable bonds is 8. The average molecular weight is 959 g/mol. The number of furan rings is 1. The van der Waals surface area contributed by atoms with Gasteiger partial charge in [-0.25, -0.2) is 0 Å². The summed E-state index contributed by atoms with van der Waals surface area (Å²) in [5.41, 5.74) is 10.4. The molecule has 0 saturated carbocycles. The second kappa shape index (κ2) is 37.3. The van der Waals surface area contributed by atoms with Crippen LogP contribution < -0.4 is 0 Å². The summed E-state index contributed by atoms with van der Waals surface area (Å²) in [6.45, 7) is 35.2. The highest BCUT2D eigenvalue weighted by Crippen LogP contribution is 2.23. The molecule has 1 aromatic carbocycles. The largest absolute Gasteiger partial charge is 0.472 e. The van der Waals surface area contributed by atoms with E-state index >= 15 is 0 Å². The van der Waals surface area contributed by atoms with Gasteiger partial charge in [-0.05, 0) is 143 Å². The molecule has 2 aliphatic carbocycles. The second-order valence-electron chi connectivity index (χ2n) is 19.6. The highest BCUT2D eigenvalue weighted by Gasteiger charge is 2.06. The van der Waals surface area contributed by atoms with E-state index in [2.05, 4.69) is 198 Å². The van der Waals surface area contributed by atoms with Gasteiger partial charge in [0.1, 0.15) is 0 Å². The lowest BCUT2D eigenvalue weighted by atomic mass is 9.92. The maximum atomic E-state index is 4.88. The van der Waals surface area contributed by atoms with Crippen molar-refractivity contribution in [2.45, 2.75) is 178 Å². The summed E-state index contributed by atoms with van der Waals surface area (Å²) in [6, 6.07) is 24.9. The Morgan fingerprint density at radius 3 is 1.38 bits per heavy atom. The first-order valence-electron chi connectivity index (χ1n) is 25.3. The summed E-state index contributed by atoms with van der Waals surface area (Å²) in [6.07, 6.45) is 28.6. The maximum absolute atomic E-state index is 4.88. The summed E-state index contributed by atoms with van der Waals surface area (Å²) in [5, 5.41) is 2.12. The van der Waals surface area contributed by atoms with Crippen molar-refractivity contribution in [3.8, 4) is 0 Å². The minimum Gasteiger partial charge on any atom is -0.472 e. The number of pyridine rings is 2. The second-order valence-corrected chi connectivity index (χ2v) is 21.5. The molecule has 0 bridgehead atoms. The Balaban J connectivity index is 0.000000389. The van der Waals surface area contributed by atoms with E-state index in [1.54, 1.807) is 35.6 Å². The summed E-state index contributed by atoms with van der Waals surface area (Å²) in [7, 11) is 0. The van der Waals surface area contributed by atoms with Crippen LogP contribution in [0.4, 0.5) is 0 Å². The van der Waals surface area contributed by atoms with Crippen LogP contribution in [-0.2, 0) is 0 Å².